The molecule has 0 saturated carbocycles. The molecule has 0 spiro atoms. The molecule has 2 aromatic carbocycles. The number of ether oxygens (including phenoxy) is 2. The van der Waals surface area contributed by atoms with E-state index in [4.69, 9.17) is 21.1 Å². The lowest BCUT2D eigenvalue weighted by Crippen LogP contribution is -2.01. The molecule has 3 rings (SSSR count). The molecule has 0 aliphatic carbocycles. The molecule has 1 heterocycles. The number of nitrogens with one attached hydrogen (secondary N) is 1. The van der Waals surface area contributed by atoms with Crippen LogP contribution in [0.2, 0.25) is 5.02 Å². The molecule has 2 aromatic rings. The van der Waals surface area contributed by atoms with E-state index in [1.165, 1.54) is 12.1 Å². The monoisotopic (exact) mass is 307 g/mol. The van der Waals surface area contributed by atoms with E-state index in [1.807, 2.05) is 18.2 Å². The summed E-state index contributed by atoms with van der Waals surface area (Å²) in [6.07, 6.45) is 0.878. The highest BCUT2D eigenvalue weighted by Gasteiger charge is 2.10. The van der Waals surface area contributed by atoms with Gasteiger partial charge in [-0.25, -0.2) is 4.39 Å². The van der Waals surface area contributed by atoms with Gasteiger partial charge in [0.1, 0.15) is 5.82 Å². The molecule has 0 bridgehead atoms. The van der Waals surface area contributed by atoms with Crippen LogP contribution in [0.1, 0.15) is 12.0 Å². The molecule has 21 heavy (non-hydrogen) atoms. The zero-order chi connectivity index (χ0) is 14.7. The number of anilines is 1. The summed E-state index contributed by atoms with van der Waals surface area (Å²) in [6, 6.07) is 10.1. The van der Waals surface area contributed by atoms with E-state index in [0.717, 1.165) is 29.2 Å². The van der Waals surface area contributed by atoms with Crippen LogP contribution >= 0.6 is 11.6 Å². The van der Waals surface area contributed by atoms with Crippen LogP contribution in [0, 0.1) is 5.82 Å². The van der Waals surface area contributed by atoms with Crippen molar-refractivity contribution in [1.29, 1.82) is 0 Å². The van der Waals surface area contributed by atoms with E-state index in [9.17, 15) is 4.39 Å². The zero-order valence-electron chi connectivity index (χ0n) is 11.4. The molecule has 0 aromatic heterocycles. The van der Waals surface area contributed by atoms with Crippen molar-refractivity contribution in [3.63, 3.8) is 0 Å². The van der Waals surface area contributed by atoms with Crippen molar-refractivity contribution < 1.29 is 13.9 Å². The molecule has 0 fully saturated rings. The van der Waals surface area contributed by atoms with Crippen molar-refractivity contribution >= 4 is 17.3 Å². The van der Waals surface area contributed by atoms with Gasteiger partial charge in [0.2, 0.25) is 0 Å². The molecule has 0 atom stereocenters. The van der Waals surface area contributed by atoms with Crippen molar-refractivity contribution in [2.45, 2.75) is 13.0 Å². The molecule has 110 valence electrons. The maximum absolute atomic E-state index is 13.0. The van der Waals surface area contributed by atoms with E-state index in [0.29, 0.717) is 24.8 Å². The fourth-order valence-electron chi connectivity index (χ4n) is 2.14. The van der Waals surface area contributed by atoms with Gasteiger partial charge in [0.05, 0.1) is 13.2 Å². The normalized spacial score (nSPS) is 13.6. The van der Waals surface area contributed by atoms with Crippen LogP contribution in [0.15, 0.2) is 36.4 Å². The van der Waals surface area contributed by atoms with Gasteiger partial charge in [-0.05, 0) is 29.8 Å². The summed E-state index contributed by atoms with van der Waals surface area (Å²) in [7, 11) is 0. The van der Waals surface area contributed by atoms with Crippen molar-refractivity contribution in [2.24, 2.45) is 0 Å². The van der Waals surface area contributed by atoms with Crippen LogP contribution < -0.4 is 14.8 Å². The second-order valence-corrected chi connectivity index (χ2v) is 5.21. The molecule has 0 amide bonds. The Morgan fingerprint density at radius 2 is 1.86 bits per heavy atom. The Morgan fingerprint density at radius 3 is 2.67 bits per heavy atom. The van der Waals surface area contributed by atoms with Crippen molar-refractivity contribution in [3.8, 4) is 11.5 Å². The highest BCUT2D eigenvalue weighted by Crippen LogP contribution is 2.32. The van der Waals surface area contributed by atoms with Gasteiger partial charge in [0.25, 0.3) is 0 Å². The summed E-state index contributed by atoms with van der Waals surface area (Å²) < 4.78 is 24.2. The van der Waals surface area contributed by atoms with Gasteiger partial charge in [-0.2, -0.15) is 0 Å². The smallest absolute Gasteiger partial charge is 0.163 e. The van der Waals surface area contributed by atoms with E-state index in [1.54, 1.807) is 6.07 Å². The summed E-state index contributed by atoms with van der Waals surface area (Å²) in [6.45, 7) is 1.84. The highest BCUT2D eigenvalue weighted by atomic mass is 35.5. The lowest BCUT2D eigenvalue weighted by atomic mass is 10.2. The molecular weight excluding hydrogens is 293 g/mol. The highest BCUT2D eigenvalue weighted by molar-refractivity contribution is 6.31. The molecule has 1 aliphatic heterocycles. The Balaban J connectivity index is 1.72. The van der Waals surface area contributed by atoms with Gasteiger partial charge >= 0.3 is 0 Å². The Hall–Kier alpha value is -1.94. The van der Waals surface area contributed by atoms with Gasteiger partial charge in [0.15, 0.2) is 11.5 Å². The Morgan fingerprint density at radius 1 is 1.05 bits per heavy atom. The summed E-state index contributed by atoms with van der Waals surface area (Å²) in [5.41, 5.74) is 1.74. The molecule has 3 nitrogen and oxygen atoms in total. The van der Waals surface area contributed by atoms with Gasteiger partial charge in [0, 0.05) is 29.7 Å². The van der Waals surface area contributed by atoms with Gasteiger partial charge in [-0.3, -0.25) is 0 Å². The number of hydrogen-bond acceptors (Lipinski definition) is 3. The fourth-order valence-corrected chi connectivity index (χ4v) is 2.37. The van der Waals surface area contributed by atoms with E-state index < -0.39 is 0 Å². The first-order valence-corrected chi connectivity index (χ1v) is 7.17. The molecule has 1 N–H and O–H groups in total. The van der Waals surface area contributed by atoms with Gasteiger partial charge in [-0.1, -0.05) is 17.7 Å². The number of halogens is 2. The Labute approximate surface area is 127 Å². The lowest BCUT2D eigenvalue weighted by molar-refractivity contribution is 0.297. The maximum atomic E-state index is 13.0. The van der Waals surface area contributed by atoms with Crippen molar-refractivity contribution in [2.75, 3.05) is 18.5 Å². The number of fused-ring (bicyclic) bond motifs is 1. The van der Waals surface area contributed by atoms with Crippen LogP contribution in [0.5, 0.6) is 11.5 Å². The van der Waals surface area contributed by atoms with Crippen LogP contribution in [0.3, 0.4) is 0 Å². The predicted octanol–water partition coefficient (Wildman–Crippen LogP) is 4.25. The average molecular weight is 308 g/mol. The first-order chi connectivity index (χ1) is 10.2. The van der Waals surface area contributed by atoms with Gasteiger partial charge < -0.3 is 14.8 Å². The lowest BCUT2D eigenvalue weighted by Gasteiger charge is -2.12. The quantitative estimate of drug-likeness (QED) is 0.919. The Bertz CT molecular complexity index is 648. The molecular formula is C16H15ClFNO2. The number of hydrogen-bond donors (Lipinski definition) is 1. The summed E-state index contributed by atoms with van der Waals surface area (Å²) >= 11 is 6.01. The van der Waals surface area contributed by atoms with Crippen LogP contribution in [-0.4, -0.2) is 13.2 Å². The standard InChI is InChI=1S/C16H15ClFNO2/c17-14-8-12(18)3-2-11(14)10-19-13-4-5-15-16(9-13)21-7-1-6-20-15/h2-5,8-9,19H,1,6-7,10H2. The minimum Gasteiger partial charge on any atom is -0.490 e. The second kappa shape index (κ2) is 6.22. The summed E-state index contributed by atoms with van der Waals surface area (Å²) in [4.78, 5) is 0. The average Bonchev–Trinajstić information content (AvgIpc) is 2.71. The summed E-state index contributed by atoms with van der Waals surface area (Å²) in [5.74, 6) is 1.17. The van der Waals surface area contributed by atoms with Crippen LogP contribution in [0.25, 0.3) is 0 Å². The fraction of sp³-hybridized carbons (Fsp3) is 0.250. The second-order valence-electron chi connectivity index (χ2n) is 4.80. The molecule has 0 unspecified atom stereocenters. The zero-order valence-corrected chi connectivity index (χ0v) is 12.1. The first kappa shape index (κ1) is 14.0. The molecule has 1 aliphatic rings. The minimum absolute atomic E-state index is 0.334. The minimum atomic E-state index is -0.334. The first-order valence-electron chi connectivity index (χ1n) is 6.80. The maximum Gasteiger partial charge on any atom is 0.163 e. The molecule has 0 radical (unpaired) electrons. The SMILES string of the molecule is Fc1ccc(CNc2ccc3c(c2)OCCCO3)c(Cl)c1. The predicted molar refractivity (Wildman–Crippen MR) is 80.8 cm³/mol. The van der Waals surface area contributed by atoms with E-state index in [-0.39, 0.29) is 5.82 Å². The topological polar surface area (TPSA) is 30.5 Å². The summed E-state index contributed by atoms with van der Waals surface area (Å²) in [5, 5.41) is 3.66. The molecule has 0 saturated heterocycles. The van der Waals surface area contributed by atoms with Crippen molar-refractivity contribution in [1.82, 2.24) is 0 Å². The van der Waals surface area contributed by atoms with E-state index >= 15 is 0 Å². The Kier molecular flexibility index (Phi) is 4.15. The largest absolute Gasteiger partial charge is 0.490 e. The van der Waals surface area contributed by atoms with Crippen molar-refractivity contribution in [3.05, 3.63) is 52.8 Å². The van der Waals surface area contributed by atoms with E-state index in [2.05, 4.69) is 5.32 Å². The third-order valence-corrected chi connectivity index (χ3v) is 3.60. The van der Waals surface area contributed by atoms with Crippen LogP contribution in [0.4, 0.5) is 10.1 Å². The number of rotatable bonds is 3. The molecule has 5 heteroatoms. The third-order valence-electron chi connectivity index (χ3n) is 3.25. The van der Waals surface area contributed by atoms with Crippen LogP contribution in [-0.2, 0) is 6.54 Å². The van der Waals surface area contributed by atoms with Gasteiger partial charge in [-0.15, -0.1) is 0 Å². The third kappa shape index (κ3) is 3.39. The number of benzene rings is 2.